The first-order chi connectivity index (χ1) is 14.3. The Morgan fingerprint density at radius 2 is 1.83 bits per heavy atom. The molecule has 0 aromatic heterocycles. The third kappa shape index (κ3) is 5.17. The van der Waals surface area contributed by atoms with E-state index in [-0.39, 0.29) is 18.4 Å². The number of anilines is 2. The summed E-state index contributed by atoms with van der Waals surface area (Å²) in [5.74, 6) is -0.0800. The predicted octanol–water partition coefficient (Wildman–Crippen LogP) is 3.64. The van der Waals surface area contributed by atoms with Gasteiger partial charge in [0.2, 0.25) is 5.91 Å². The van der Waals surface area contributed by atoms with Crippen LogP contribution in [0.4, 0.5) is 11.4 Å². The molecule has 0 aliphatic carbocycles. The highest BCUT2D eigenvalue weighted by molar-refractivity contribution is 6.05. The minimum absolute atomic E-state index is 0.159. The summed E-state index contributed by atoms with van der Waals surface area (Å²) in [5, 5.41) is 2.80. The fraction of sp³-hybridized carbons (Fsp3) is 0.348. The zero-order valence-corrected chi connectivity index (χ0v) is 17.4. The van der Waals surface area contributed by atoms with E-state index < -0.39 is 18.5 Å². The van der Waals surface area contributed by atoms with Crippen LogP contribution in [-0.2, 0) is 14.3 Å². The third-order valence-electron chi connectivity index (χ3n) is 4.63. The van der Waals surface area contributed by atoms with Crippen LogP contribution in [0.3, 0.4) is 0 Å². The molecule has 0 saturated heterocycles. The molecule has 0 unspecified atom stereocenters. The summed E-state index contributed by atoms with van der Waals surface area (Å²) < 4.78 is 10.8. The van der Waals surface area contributed by atoms with Crippen LogP contribution < -0.4 is 15.0 Å². The molecule has 1 N–H and O–H groups in total. The Bertz CT molecular complexity index is 923. The van der Waals surface area contributed by atoms with Crippen molar-refractivity contribution in [2.75, 3.05) is 23.4 Å². The maximum Gasteiger partial charge on any atom is 0.338 e. The average molecular weight is 410 g/mol. The van der Waals surface area contributed by atoms with Gasteiger partial charge in [0.1, 0.15) is 5.75 Å². The van der Waals surface area contributed by atoms with Gasteiger partial charge in [0, 0.05) is 12.5 Å². The number of para-hydroxylation sites is 2. The molecule has 2 aromatic carbocycles. The molecule has 1 aliphatic heterocycles. The average Bonchev–Trinajstić information content (AvgIpc) is 2.84. The lowest BCUT2D eigenvalue weighted by molar-refractivity contribution is -0.122. The van der Waals surface area contributed by atoms with Gasteiger partial charge in [0.15, 0.2) is 6.61 Å². The number of carbonyl (C=O) groups is 3. The van der Waals surface area contributed by atoms with E-state index in [4.69, 9.17) is 9.47 Å². The number of amides is 2. The number of ether oxygens (including phenoxy) is 2. The molecule has 3 rings (SSSR count). The van der Waals surface area contributed by atoms with Crippen LogP contribution in [0.15, 0.2) is 48.5 Å². The number of nitrogens with one attached hydrogen (secondary N) is 1. The van der Waals surface area contributed by atoms with Gasteiger partial charge in [0.25, 0.3) is 5.91 Å². The highest BCUT2D eigenvalue weighted by Crippen LogP contribution is 2.31. The maximum atomic E-state index is 12.9. The zero-order valence-electron chi connectivity index (χ0n) is 17.4. The number of carbonyl (C=O) groups excluding carboxylic acids is 3. The lowest BCUT2D eigenvalue weighted by Gasteiger charge is -2.27. The second-order valence-electron chi connectivity index (χ2n) is 7.69. The van der Waals surface area contributed by atoms with Gasteiger partial charge in [-0.3, -0.25) is 9.59 Å². The van der Waals surface area contributed by atoms with Gasteiger partial charge < -0.3 is 19.7 Å². The van der Waals surface area contributed by atoms with Gasteiger partial charge in [-0.15, -0.1) is 0 Å². The summed E-state index contributed by atoms with van der Waals surface area (Å²) in [4.78, 5) is 38.8. The first-order valence-electron chi connectivity index (χ1n) is 9.96. The Kier molecular flexibility index (Phi) is 6.72. The Morgan fingerprint density at radius 3 is 2.53 bits per heavy atom. The SMILES string of the molecule is CC(C)COc1ccc(C(=O)OCC(=O)N2c3ccccc3NC(=O)C[C@@H]2C)cc1. The molecule has 1 atom stereocenters. The second-order valence-corrected chi connectivity index (χ2v) is 7.69. The topological polar surface area (TPSA) is 84.9 Å². The highest BCUT2D eigenvalue weighted by Gasteiger charge is 2.30. The molecule has 0 spiro atoms. The van der Waals surface area contributed by atoms with Crippen molar-refractivity contribution in [3.8, 4) is 5.75 Å². The Balaban J connectivity index is 1.65. The molecular weight excluding hydrogens is 384 g/mol. The molecular formula is C23H26N2O5. The molecule has 7 nitrogen and oxygen atoms in total. The fourth-order valence-corrected chi connectivity index (χ4v) is 3.20. The monoisotopic (exact) mass is 410 g/mol. The smallest absolute Gasteiger partial charge is 0.338 e. The summed E-state index contributed by atoms with van der Waals surface area (Å²) >= 11 is 0. The van der Waals surface area contributed by atoms with E-state index in [0.29, 0.717) is 35.2 Å². The van der Waals surface area contributed by atoms with Gasteiger partial charge >= 0.3 is 5.97 Å². The minimum Gasteiger partial charge on any atom is -0.493 e. The van der Waals surface area contributed by atoms with Crippen LogP contribution in [-0.4, -0.2) is 37.0 Å². The molecule has 0 bridgehead atoms. The van der Waals surface area contributed by atoms with Crippen LogP contribution in [0.5, 0.6) is 5.75 Å². The number of nitrogens with zero attached hydrogens (tertiary/aromatic N) is 1. The molecule has 1 aliphatic rings. The molecule has 158 valence electrons. The molecule has 0 saturated carbocycles. The zero-order chi connectivity index (χ0) is 21.7. The largest absolute Gasteiger partial charge is 0.493 e. The molecule has 0 fully saturated rings. The van der Waals surface area contributed by atoms with E-state index in [9.17, 15) is 14.4 Å². The normalized spacial score (nSPS) is 15.8. The maximum absolute atomic E-state index is 12.9. The Morgan fingerprint density at radius 1 is 1.13 bits per heavy atom. The molecule has 2 aromatic rings. The number of hydrogen-bond donors (Lipinski definition) is 1. The first-order valence-corrected chi connectivity index (χ1v) is 9.96. The number of rotatable bonds is 6. The van der Waals surface area contributed by atoms with E-state index >= 15 is 0 Å². The number of fused-ring (bicyclic) bond motifs is 1. The van der Waals surface area contributed by atoms with Crippen molar-refractivity contribution >= 4 is 29.2 Å². The van der Waals surface area contributed by atoms with Crippen molar-refractivity contribution in [3.05, 3.63) is 54.1 Å². The van der Waals surface area contributed by atoms with Crippen molar-refractivity contribution in [1.29, 1.82) is 0 Å². The van der Waals surface area contributed by atoms with Crippen LogP contribution in [0.25, 0.3) is 0 Å². The lowest BCUT2D eigenvalue weighted by Crippen LogP contribution is -2.41. The summed E-state index contributed by atoms with van der Waals surface area (Å²) in [6, 6.07) is 13.3. The minimum atomic E-state index is -0.594. The highest BCUT2D eigenvalue weighted by atomic mass is 16.5. The molecule has 30 heavy (non-hydrogen) atoms. The summed E-state index contributed by atoms with van der Waals surface area (Å²) in [6.45, 7) is 6.07. The third-order valence-corrected chi connectivity index (χ3v) is 4.63. The van der Waals surface area contributed by atoms with E-state index in [2.05, 4.69) is 19.2 Å². The van der Waals surface area contributed by atoms with Crippen molar-refractivity contribution in [2.24, 2.45) is 5.92 Å². The van der Waals surface area contributed by atoms with Gasteiger partial charge in [-0.2, -0.15) is 0 Å². The summed E-state index contributed by atoms with van der Waals surface area (Å²) in [5.41, 5.74) is 1.48. The number of benzene rings is 2. The predicted molar refractivity (Wildman–Crippen MR) is 114 cm³/mol. The number of hydrogen-bond acceptors (Lipinski definition) is 5. The van der Waals surface area contributed by atoms with Crippen molar-refractivity contribution < 1.29 is 23.9 Å². The van der Waals surface area contributed by atoms with Crippen LogP contribution >= 0.6 is 0 Å². The van der Waals surface area contributed by atoms with Crippen molar-refractivity contribution in [1.82, 2.24) is 0 Å². The van der Waals surface area contributed by atoms with Gasteiger partial charge in [-0.25, -0.2) is 4.79 Å². The standard InChI is InChI=1S/C23H26N2O5/c1-15(2)13-29-18-10-8-17(9-11-18)23(28)30-14-22(27)25-16(3)12-21(26)24-19-6-4-5-7-20(19)25/h4-11,15-16H,12-14H2,1-3H3,(H,24,26)/t16-/m0/s1. The summed E-state index contributed by atoms with van der Waals surface area (Å²) in [6.07, 6.45) is 0.159. The van der Waals surface area contributed by atoms with Crippen molar-refractivity contribution in [2.45, 2.75) is 33.2 Å². The molecule has 7 heteroatoms. The van der Waals surface area contributed by atoms with Crippen molar-refractivity contribution in [3.63, 3.8) is 0 Å². The molecule has 2 amide bonds. The van der Waals surface area contributed by atoms with Crippen LogP contribution in [0.1, 0.15) is 37.6 Å². The Labute approximate surface area is 176 Å². The van der Waals surface area contributed by atoms with E-state index in [1.807, 2.05) is 0 Å². The lowest BCUT2D eigenvalue weighted by atomic mass is 10.1. The van der Waals surface area contributed by atoms with E-state index in [0.717, 1.165) is 0 Å². The summed E-state index contributed by atoms with van der Waals surface area (Å²) in [7, 11) is 0. The van der Waals surface area contributed by atoms with Crippen LogP contribution in [0.2, 0.25) is 0 Å². The fourth-order valence-electron chi connectivity index (χ4n) is 3.20. The Hall–Kier alpha value is -3.35. The van der Waals surface area contributed by atoms with Gasteiger partial charge in [0.05, 0.1) is 23.5 Å². The van der Waals surface area contributed by atoms with Crippen LogP contribution in [0, 0.1) is 5.92 Å². The second kappa shape index (κ2) is 9.43. The molecule has 0 radical (unpaired) electrons. The van der Waals surface area contributed by atoms with Gasteiger partial charge in [-0.05, 0) is 49.2 Å². The van der Waals surface area contributed by atoms with E-state index in [1.165, 1.54) is 4.90 Å². The van der Waals surface area contributed by atoms with E-state index in [1.54, 1.807) is 55.5 Å². The van der Waals surface area contributed by atoms with Gasteiger partial charge in [-0.1, -0.05) is 26.0 Å². The molecule has 1 heterocycles. The first kappa shape index (κ1) is 21.4. The number of esters is 1. The quantitative estimate of drug-likeness (QED) is 0.735.